The normalized spacial score (nSPS) is 10.9. The molecule has 1 heterocycles. The summed E-state index contributed by atoms with van der Waals surface area (Å²) in [6.07, 6.45) is 4.25. The van der Waals surface area contributed by atoms with Crippen LogP contribution < -0.4 is 16.8 Å². The molecular weight excluding hydrogens is 206 g/mol. The number of amides is 1. The van der Waals surface area contributed by atoms with Crippen LogP contribution in [0.25, 0.3) is 5.57 Å². The number of anilines is 1. The van der Waals surface area contributed by atoms with Gasteiger partial charge in [0.1, 0.15) is 5.82 Å². The van der Waals surface area contributed by atoms with Gasteiger partial charge in [0.15, 0.2) is 0 Å². The Hall–Kier alpha value is -2.37. The van der Waals surface area contributed by atoms with Gasteiger partial charge in [0, 0.05) is 36.8 Å². The molecule has 0 unspecified atom stereocenters. The highest BCUT2D eigenvalue weighted by atomic mass is 16.1. The van der Waals surface area contributed by atoms with Gasteiger partial charge in [0.2, 0.25) is 0 Å². The lowest BCUT2D eigenvalue weighted by atomic mass is 10.1. The zero-order valence-corrected chi connectivity index (χ0v) is 8.82. The van der Waals surface area contributed by atoms with E-state index in [2.05, 4.69) is 10.3 Å². The molecule has 1 rings (SSSR count). The van der Waals surface area contributed by atoms with E-state index in [0.29, 0.717) is 11.1 Å². The van der Waals surface area contributed by atoms with Gasteiger partial charge in [-0.1, -0.05) is 0 Å². The van der Waals surface area contributed by atoms with E-state index in [1.807, 2.05) is 0 Å². The summed E-state index contributed by atoms with van der Waals surface area (Å²) in [7, 11) is 1.71. The van der Waals surface area contributed by atoms with Crippen molar-refractivity contribution >= 4 is 23.5 Å². The number of primary amides is 1. The standard InChI is InChI=1S/C10H13N5O/c1-14-4-7(3-11)6-2-8(10(13)16)9(12)15-5-6/h2-5,11,14H,1H3,(H2,12,15)(H2,13,16)/b7-4+,11-3?. The summed E-state index contributed by atoms with van der Waals surface area (Å²) in [5, 5.41) is 10.0. The Bertz CT molecular complexity index is 453. The van der Waals surface area contributed by atoms with Crippen LogP contribution in [0.2, 0.25) is 0 Å². The second-order valence-corrected chi connectivity index (χ2v) is 3.05. The summed E-state index contributed by atoms with van der Waals surface area (Å²) in [5.74, 6) is -0.550. The average molecular weight is 219 g/mol. The molecule has 84 valence electrons. The zero-order chi connectivity index (χ0) is 12.1. The largest absolute Gasteiger partial charge is 0.393 e. The minimum atomic E-state index is -0.638. The van der Waals surface area contributed by atoms with Crippen molar-refractivity contribution in [1.82, 2.24) is 10.3 Å². The van der Waals surface area contributed by atoms with Crippen LogP contribution >= 0.6 is 0 Å². The summed E-state index contributed by atoms with van der Waals surface area (Å²) in [4.78, 5) is 14.9. The highest BCUT2D eigenvalue weighted by Gasteiger charge is 2.09. The van der Waals surface area contributed by atoms with Crippen LogP contribution in [-0.2, 0) is 0 Å². The Labute approximate surface area is 92.9 Å². The van der Waals surface area contributed by atoms with E-state index >= 15 is 0 Å². The number of hydrogen-bond donors (Lipinski definition) is 4. The molecule has 0 spiro atoms. The van der Waals surface area contributed by atoms with Crippen LogP contribution in [0.1, 0.15) is 15.9 Å². The third-order valence-corrected chi connectivity index (χ3v) is 1.97. The van der Waals surface area contributed by atoms with Crippen LogP contribution in [0.5, 0.6) is 0 Å². The van der Waals surface area contributed by atoms with Gasteiger partial charge in [-0.3, -0.25) is 4.79 Å². The molecule has 0 aliphatic rings. The minimum absolute atomic E-state index is 0.0880. The Kier molecular flexibility index (Phi) is 3.60. The molecule has 0 aromatic carbocycles. The van der Waals surface area contributed by atoms with E-state index in [-0.39, 0.29) is 11.4 Å². The van der Waals surface area contributed by atoms with Gasteiger partial charge in [-0.05, 0) is 6.07 Å². The molecule has 1 amide bonds. The number of rotatable bonds is 4. The van der Waals surface area contributed by atoms with Crippen LogP contribution in [0.15, 0.2) is 18.5 Å². The lowest BCUT2D eigenvalue weighted by molar-refractivity contribution is 0.100. The average Bonchev–Trinajstić information content (AvgIpc) is 2.26. The van der Waals surface area contributed by atoms with E-state index in [0.717, 1.165) is 6.21 Å². The molecule has 6 heteroatoms. The molecule has 1 aromatic rings. The van der Waals surface area contributed by atoms with Crippen molar-refractivity contribution in [3.05, 3.63) is 29.6 Å². The summed E-state index contributed by atoms with van der Waals surface area (Å²) in [6.45, 7) is 0. The number of nitrogens with one attached hydrogen (secondary N) is 2. The first-order chi connectivity index (χ1) is 7.60. The topological polar surface area (TPSA) is 118 Å². The predicted octanol–water partition coefficient (Wildman–Crippen LogP) is -0.0274. The molecule has 0 aliphatic heterocycles. The van der Waals surface area contributed by atoms with Gasteiger partial charge in [-0.25, -0.2) is 4.98 Å². The molecule has 6 N–H and O–H groups in total. The van der Waals surface area contributed by atoms with Crippen molar-refractivity contribution in [1.29, 1.82) is 5.41 Å². The Morgan fingerprint density at radius 3 is 2.81 bits per heavy atom. The fraction of sp³-hybridized carbons (Fsp3) is 0.100. The molecule has 0 atom stereocenters. The highest BCUT2D eigenvalue weighted by molar-refractivity contribution is 6.09. The quantitative estimate of drug-likeness (QED) is 0.532. The summed E-state index contributed by atoms with van der Waals surface area (Å²) in [5.41, 5.74) is 12.0. The summed E-state index contributed by atoms with van der Waals surface area (Å²) >= 11 is 0. The number of allylic oxidation sites excluding steroid dienone is 1. The number of nitrogens with two attached hydrogens (primary N) is 2. The van der Waals surface area contributed by atoms with Crippen LogP contribution in [-0.4, -0.2) is 24.2 Å². The van der Waals surface area contributed by atoms with E-state index in [4.69, 9.17) is 16.9 Å². The lowest BCUT2D eigenvalue weighted by Crippen LogP contribution is -2.15. The van der Waals surface area contributed by atoms with Crippen LogP contribution in [0.3, 0.4) is 0 Å². The van der Waals surface area contributed by atoms with Gasteiger partial charge < -0.3 is 22.2 Å². The highest BCUT2D eigenvalue weighted by Crippen LogP contribution is 2.16. The first-order valence-electron chi connectivity index (χ1n) is 4.53. The number of carbonyl (C=O) groups is 1. The molecule has 6 nitrogen and oxygen atoms in total. The van der Waals surface area contributed by atoms with Crippen LogP contribution in [0, 0.1) is 5.41 Å². The number of hydrogen-bond acceptors (Lipinski definition) is 5. The van der Waals surface area contributed by atoms with Gasteiger partial charge in [0.25, 0.3) is 5.91 Å². The monoisotopic (exact) mass is 219 g/mol. The maximum Gasteiger partial charge on any atom is 0.252 e. The molecule has 1 aromatic heterocycles. The maximum absolute atomic E-state index is 11.1. The molecule has 0 saturated heterocycles. The second-order valence-electron chi connectivity index (χ2n) is 3.05. The van der Waals surface area contributed by atoms with Gasteiger partial charge in [-0.15, -0.1) is 0 Å². The lowest BCUT2D eigenvalue weighted by Gasteiger charge is -2.05. The van der Waals surface area contributed by atoms with E-state index < -0.39 is 5.91 Å². The Balaban J connectivity index is 3.26. The molecule has 0 bridgehead atoms. The predicted molar refractivity (Wildman–Crippen MR) is 63.0 cm³/mol. The third-order valence-electron chi connectivity index (χ3n) is 1.97. The van der Waals surface area contributed by atoms with Crippen LogP contribution in [0.4, 0.5) is 5.82 Å². The SMILES string of the molecule is CN/C=C(\C=N)c1cnc(N)c(C(N)=O)c1. The van der Waals surface area contributed by atoms with Crippen molar-refractivity contribution in [3.63, 3.8) is 0 Å². The van der Waals surface area contributed by atoms with E-state index in [1.54, 1.807) is 13.2 Å². The first-order valence-corrected chi connectivity index (χ1v) is 4.53. The van der Waals surface area contributed by atoms with Gasteiger partial charge >= 0.3 is 0 Å². The molecular formula is C10H13N5O. The van der Waals surface area contributed by atoms with Gasteiger partial charge in [-0.2, -0.15) is 0 Å². The van der Waals surface area contributed by atoms with Crippen molar-refractivity contribution in [2.24, 2.45) is 5.73 Å². The number of aromatic nitrogens is 1. The minimum Gasteiger partial charge on any atom is -0.393 e. The number of nitrogen functional groups attached to an aromatic ring is 1. The smallest absolute Gasteiger partial charge is 0.252 e. The maximum atomic E-state index is 11.1. The van der Waals surface area contributed by atoms with Crippen molar-refractivity contribution in [2.45, 2.75) is 0 Å². The van der Waals surface area contributed by atoms with Crippen molar-refractivity contribution in [3.8, 4) is 0 Å². The second kappa shape index (κ2) is 4.92. The number of nitrogens with zero attached hydrogens (tertiary/aromatic N) is 1. The van der Waals surface area contributed by atoms with E-state index in [9.17, 15) is 4.79 Å². The summed E-state index contributed by atoms with van der Waals surface area (Å²) in [6, 6.07) is 1.51. The zero-order valence-electron chi connectivity index (χ0n) is 8.82. The fourth-order valence-corrected chi connectivity index (χ4v) is 1.19. The molecule has 16 heavy (non-hydrogen) atoms. The van der Waals surface area contributed by atoms with Crippen molar-refractivity contribution < 1.29 is 4.79 Å². The Morgan fingerprint density at radius 2 is 2.31 bits per heavy atom. The Morgan fingerprint density at radius 1 is 1.62 bits per heavy atom. The third kappa shape index (κ3) is 2.35. The van der Waals surface area contributed by atoms with Crippen molar-refractivity contribution in [2.75, 3.05) is 12.8 Å². The summed E-state index contributed by atoms with van der Waals surface area (Å²) < 4.78 is 0. The fourth-order valence-electron chi connectivity index (χ4n) is 1.19. The molecule has 0 radical (unpaired) electrons. The molecule has 0 saturated carbocycles. The number of pyridine rings is 1. The number of carbonyl (C=O) groups excluding carboxylic acids is 1. The van der Waals surface area contributed by atoms with E-state index in [1.165, 1.54) is 12.3 Å². The molecule has 0 aliphatic carbocycles. The van der Waals surface area contributed by atoms with Gasteiger partial charge in [0.05, 0.1) is 5.56 Å². The molecule has 0 fully saturated rings. The first kappa shape index (κ1) is 11.7.